The number of nitrogens with one attached hydrogen (secondary N) is 1. The van der Waals surface area contributed by atoms with Crippen molar-refractivity contribution < 1.29 is 22.8 Å². The molecule has 0 aliphatic carbocycles. The van der Waals surface area contributed by atoms with E-state index in [0.717, 1.165) is 22.8 Å². The number of aromatic nitrogens is 2. The van der Waals surface area contributed by atoms with Crippen LogP contribution in [0, 0.1) is 13.8 Å². The van der Waals surface area contributed by atoms with Crippen molar-refractivity contribution in [2.75, 3.05) is 7.11 Å². The largest absolute Gasteiger partial charge is 0.507 e. The Morgan fingerprint density at radius 2 is 1.69 bits per heavy atom. The Bertz CT molecular complexity index is 1710. The first-order valence-corrected chi connectivity index (χ1v) is 12.0. The molecule has 7 nitrogen and oxygen atoms in total. The number of phenolic OH excluding ortho intramolecular Hbond substituents is 1. The average Bonchev–Trinajstić information content (AvgIpc) is 3.23. The van der Waals surface area contributed by atoms with Crippen molar-refractivity contribution in [2.45, 2.75) is 18.7 Å². The Morgan fingerprint density at radius 1 is 0.943 bits per heavy atom. The highest BCUT2D eigenvalue weighted by Gasteiger charge is 2.19. The van der Waals surface area contributed by atoms with Crippen LogP contribution in [0.15, 0.2) is 65.6 Å². The summed E-state index contributed by atoms with van der Waals surface area (Å²) in [5, 5.41) is 11.4. The number of hydrogen-bond acceptors (Lipinski definition) is 5. The zero-order valence-electron chi connectivity index (χ0n) is 19.2. The van der Waals surface area contributed by atoms with Crippen LogP contribution >= 0.6 is 12.4 Å². The minimum atomic E-state index is -4.46. The molecule has 9 heteroatoms. The number of aromatic amines is 1. The van der Waals surface area contributed by atoms with Crippen molar-refractivity contribution in [3.8, 4) is 34.0 Å². The van der Waals surface area contributed by atoms with Crippen LogP contribution in [0.2, 0.25) is 0 Å². The first kappa shape index (κ1) is 24.5. The van der Waals surface area contributed by atoms with E-state index in [2.05, 4.69) is 37.0 Å². The second-order valence-corrected chi connectivity index (χ2v) is 9.67. The summed E-state index contributed by atoms with van der Waals surface area (Å²) >= 11 is 0. The molecule has 0 amide bonds. The van der Waals surface area contributed by atoms with Gasteiger partial charge in [0.25, 0.3) is 10.1 Å². The van der Waals surface area contributed by atoms with Gasteiger partial charge >= 0.3 is 0 Å². The molecule has 5 aromatic rings. The standard InChI is InChI=1S/C26H22N2O5S.ClH/c1-14-7-8-16(11-15(14)2)19-5-4-6-20(25(19)33-3)26-27-21-10-9-17-12-18(34(30,31)32)13-22(29)23(17)24(21)28-26;/h4-13,29H,1-3H3,(H,27,28)(H,30,31,32);1H. The van der Waals surface area contributed by atoms with E-state index in [9.17, 15) is 18.1 Å². The maximum Gasteiger partial charge on any atom is 0.294 e. The first-order valence-electron chi connectivity index (χ1n) is 10.6. The van der Waals surface area contributed by atoms with Gasteiger partial charge in [-0.2, -0.15) is 8.42 Å². The summed E-state index contributed by atoms with van der Waals surface area (Å²) < 4.78 is 38.3. The minimum absolute atomic E-state index is 0. The van der Waals surface area contributed by atoms with E-state index in [-0.39, 0.29) is 23.1 Å². The summed E-state index contributed by atoms with van der Waals surface area (Å²) in [7, 11) is -2.84. The summed E-state index contributed by atoms with van der Waals surface area (Å²) in [4.78, 5) is 7.63. The van der Waals surface area contributed by atoms with Crippen LogP contribution in [-0.4, -0.2) is 35.2 Å². The molecule has 0 atom stereocenters. The molecule has 1 aromatic heterocycles. The van der Waals surface area contributed by atoms with Gasteiger partial charge in [0.15, 0.2) is 0 Å². The van der Waals surface area contributed by atoms with Crippen molar-refractivity contribution >= 4 is 44.3 Å². The molecule has 3 N–H and O–H groups in total. The molecular weight excluding hydrogens is 488 g/mol. The summed E-state index contributed by atoms with van der Waals surface area (Å²) in [6, 6.07) is 17.8. The number of nitrogens with zero attached hydrogens (tertiary/aromatic N) is 1. The summed E-state index contributed by atoms with van der Waals surface area (Å²) in [6.07, 6.45) is 0. The van der Waals surface area contributed by atoms with Crippen LogP contribution in [0.4, 0.5) is 0 Å². The Hall–Kier alpha value is -3.59. The number of H-pyrrole nitrogens is 1. The molecular formula is C26H23ClN2O5S. The van der Waals surface area contributed by atoms with Crippen molar-refractivity contribution in [1.29, 1.82) is 0 Å². The molecule has 0 aliphatic heterocycles. The number of hydrogen-bond donors (Lipinski definition) is 3. The van der Waals surface area contributed by atoms with Crippen LogP contribution < -0.4 is 4.74 Å². The Kier molecular flexibility index (Phi) is 6.23. The Morgan fingerprint density at radius 3 is 2.37 bits per heavy atom. The van der Waals surface area contributed by atoms with Crippen LogP contribution in [0.5, 0.6) is 11.5 Å². The van der Waals surface area contributed by atoms with E-state index in [1.165, 1.54) is 17.2 Å². The first-order chi connectivity index (χ1) is 16.2. The number of methoxy groups -OCH3 is 1. The molecule has 0 saturated carbocycles. The average molecular weight is 511 g/mol. The van der Waals surface area contributed by atoms with E-state index in [1.807, 2.05) is 18.2 Å². The molecule has 0 saturated heterocycles. The van der Waals surface area contributed by atoms with Gasteiger partial charge in [-0.15, -0.1) is 12.4 Å². The number of aromatic hydroxyl groups is 1. The molecule has 5 rings (SSSR count). The fourth-order valence-corrected chi connectivity index (χ4v) is 4.78. The minimum Gasteiger partial charge on any atom is -0.507 e. The van der Waals surface area contributed by atoms with E-state index in [4.69, 9.17) is 9.72 Å². The van der Waals surface area contributed by atoms with Crippen LogP contribution in [0.3, 0.4) is 0 Å². The molecule has 0 fully saturated rings. The highest BCUT2D eigenvalue weighted by atomic mass is 35.5. The summed E-state index contributed by atoms with van der Waals surface area (Å²) in [6.45, 7) is 4.14. The zero-order chi connectivity index (χ0) is 24.2. The van der Waals surface area contributed by atoms with E-state index in [1.54, 1.807) is 19.2 Å². The number of fused-ring (bicyclic) bond motifs is 3. The third-order valence-electron chi connectivity index (χ3n) is 6.11. The molecule has 0 bridgehead atoms. The topological polar surface area (TPSA) is 113 Å². The summed E-state index contributed by atoms with van der Waals surface area (Å²) in [5.41, 5.74) is 6.23. The van der Waals surface area contributed by atoms with Gasteiger partial charge in [0.05, 0.1) is 28.5 Å². The molecule has 180 valence electrons. The van der Waals surface area contributed by atoms with Gasteiger partial charge in [-0.25, -0.2) is 4.98 Å². The lowest BCUT2D eigenvalue weighted by atomic mass is 9.97. The lowest BCUT2D eigenvalue weighted by Gasteiger charge is -2.13. The number of benzene rings is 4. The number of imidazole rings is 1. The molecule has 0 spiro atoms. The predicted molar refractivity (Wildman–Crippen MR) is 139 cm³/mol. The molecule has 0 radical (unpaired) electrons. The number of phenols is 1. The van der Waals surface area contributed by atoms with Gasteiger partial charge in [-0.3, -0.25) is 4.55 Å². The van der Waals surface area contributed by atoms with Crippen LogP contribution in [0.25, 0.3) is 44.3 Å². The Balaban J connectivity index is 0.00000289. The Labute approximate surface area is 208 Å². The number of rotatable bonds is 4. The van der Waals surface area contributed by atoms with Gasteiger partial charge in [-0.05, 0) is 54.1 Å². The quantitative estimate of drug-likeness (QED) is 0.254. The lowest BCUT2D eigenvalue weighted by molar-refractivity contribution is 0.418. The van der Waals surface area contributed by atoms with Gasteiger partial charge < -0.3 is 14.8 Å². The lowest BCUT2D eigenvalue weighted by Crippen LogP contribution is -1.97. The zero-order valence-corrected chi connectivity index (χ0v) is 20.8. The van der Waals surface area contributed by atoms with E-state index >= 15 is 0 Å². The van der Waals surface area contributed by atoms with Gasteiger partial charge in [0.1, 0.15) is 22.8 Å². The van der Waals surface area contributed by atoms with E-state index < -0.39 is 10.1 Å². The van der Waals surface area contributed by atoms with Gasteiger partial charge in [-0.1, -0.05) is 36.4 Å². The number of ether oxygens (including phenoxy) is 1. The number of halogens is 1. The van der Waals surface area contributed by atoms with Gasteiger partial charge in [0, 0.05) is 11.6 Å². The van der Waals surface area contributed by atoms with Crippen molar-refractivity contribution in [1.82, 2.24) is 9.97 Å². The predicted octanol–water partition coefficient (Wildman–Crippen LogP) is 6.05. The number of para-hydroxylation sites is 1. The summed E-state index contributed by atoms with van der Waals surface area (Å²) in [5.74, 6) is 0.917. The van der Waals surface area contributed by atoms with Crippen molar-refractivity contribution in [3.63, 3.8) is 0 Å². The third-order valence-corrected chi connectivity index (χ3v) is 6.94. The second-order valence-electron chi connectivity index (χ2n) is 8.25. The fraction of sp³-hybridized carbons (Fsp3) is 0.115. The number of aryl methyl sites for hydroxylation is 2. The normalized spacial score (nSPS) is 11.5. The van der Waals surface area contributed by atoms with E-state index in [0.29, 0.717) is 33.4 Å². The van der Waals surface area contributed by atoms with Crippen LogP contribution in [-0.2, 0) is 10.1 Å². The smallest absolute Gasteiger partial charge is 0.294 e. The second kappa shape index (κ2) is 8.88. The SMILES string of the molecule is COc1c(-c2ccc(C)c(C)c2)cccc1-c1nc2c(ccc3cc(S(=O)(=O)O)cc(O)c32)[nH]1.Cl. The van der Waals surface area contributed by atoms with Crippen molar-refractivity contribution in [3.05, 3.63) is 71.8 Å². The maximum absolute atomic E-state index is 11.5. The molecule has 1 heterocycles. The highest BCUT2D eigenvalue weighted by molar-refractivity contribution is 7.85. The van der Waals surface area contributed by atoms with Gasteiger partial charge in [0.2, 0.25) is 0 Å². The molecule has 4 aromatic carbocycles. The maximum atomic E-state index is 11.5. The van der Waals surface area contributed by atoms with Crippen LogP contribution in [0.1, 0.15) is 11.1 Å². The highest BCUT2D eigenvalue weighted by Crippen LogP contribution is 2.40. The fourth-order valence-electron chi connectivity index (χ4n) is 4.24. The monoisotopic (exact) mass is 510 g/mol. The molecule has 35 heavy (non-hydrogen) atoms. The molecule has 0 unspecified atom stereocenters. The third kappa shape index (κ3) is 4.20. The van der Waals surface area contributed by atoms with Crippen molar-refractivity contribution in [2.24, 2.45) is 0 Å². The molecule has 0 aliphatic rings.